The lowest BCUT2D eigenvalue weighted by Crippen LogP contribution is -2.12. The molecule has 0 atom stereocenters. The summed E-state index contributed by atoms with van der Waals surface area (Å²) in [4.78, 5) is 0. The molecule has 0 saturated heterocycles. The van der Waals surface area contributed by atoms with Gasteiger partial charge < -0.3 is 5.43 Å². The minimum Gasteiger partial charge on any atom is -0.320 e. The lowest BCUT2D eigenvalue weighted by Gasteiger charge is -2.04. The minimum absolute atomic E-state index is 0.746. The van der Waals surface area contributed by atoms with Crippen molar-refractivity contribution in [3.8, 4) is 0 Å². The zero-order chi connectivity index (χ0) is 9.10. The van der Waals surface area contributed by atoms with E-state index >= 15 is 0 Å². The van der Waals surface area contributed by atoms with Gasteiger partial charge in [0.15, 0.2) is 0 Å². The van der Waals surface area contributed by atoms with Crippen molar-refractivity contribution in [3.05, 3.63) is 42.5 Å². The average Bonchev–Trinajstić information content (AvgIpc) is 2.71. The number of hydrogen-bond acceptors (Lipinski definition) is 2. The number of hydrogen-bond donors (Lipinski definition) is 1. The number of nitrogens with one attached hydrogen (secondary N) is 1. The Bertz CT molecular complexity index is 361. The van der Waals surface area contributed by atoms with Crippen LogP contribution in [0, 0.1) is 0 Å². The molecule has 0 saturated carbocycles. The van der Waals surface area contributed by atoms with E-state index in [9.17, 15) is 0 Å². The largest absolute Gasteiger partial charge is 0.320 e. The van der Waals surface area contributed by atoms with Crippen LogP contribution in [0.2, 0.25) is 0 Å². The summed E-state index contributed by atoms with van der Waals surface area (Å²) in [6.07, 6.45) is 5.86. The topological polar surface area (TPSA) is 34.8 Å². The van der Waals surface area contributed by atoms with E-state index in [2.05, 4.69) is 10.5 Å². The van der Waals surface area contributed by atoms with E-state index in [1.54, 1.807) is 4.68 Å². The second kappa shape index (κ2) is 3.35. The van der Waals surface area contributed by atoms with E-state index in [4.69, 9.17) is 0 Å². The molecule has 0 aliphatic heterocycles. The Kier molecular flexibility index (Phi) is 2.04. The first-order valence-electron chi connectivity index (χ1n) is 4.20. The highest BCUT2D eigenvalue weighted by atomic mass is 15.4. The normalized spacial score (nSPS) is 10.2. The molecule has 0 radical (unpaired) electrons. The SMILES string of the molecule is Cn1ccc(CNn2cccc2)n1. The highest BCUT2D eigenvalue weighted by Crippen LogP contribution is 1.94. The van der Waals surface area contributed by atoms with Gasteiger partial charge in [0.05, 0.1) is 12.2 Å². The van der Waals surface area contributed by atoms with E-state index in [1.807, 2.05) is 48.5 Å². The lowest BCUT2D eigenvalue weighted by atomic mass is 10.4. The van der Waals surface area contributed by atoms with Crippen LogP contribution in [-0.2, 0) is 13.6 Å². The molecule has 2 aromatic heterocycles. The van der Waals surface area contributed by atoms with Crippen LogP contribution in [0.1, 0.15) is 5.69 Å². The van der Waals surface area contributed by atoms with E-state index in [-0.39, 0.29) is 0 Å². The molecule has 0 amide bonds. The fraction of sp³-hybridized carbons (Fsp3) is 0.222. The molecule has 4 heteroatoms. The maximum Gasteiger partial charge on any atom is 0.0831 e. The fourth-order valence-corrected chi connectivity index (χ4v) is 1.17. The van der Waals surface area contributed by atoms with Crippen molar-refractivity contribution >= 4 is 0 Å². The molecule has 4 nitrogen and oxygen atoms in total. The molecule has 2 rings (SSSR count). The quantitative estimate of drug-likeness (QED) is 0.756. The van der Waals surface area contributed by atoms with Gasteiger partial charge in [-0.1, -0.05) is 0 Å². The summed E-state index contributed by atoms with van der Waals surface area (Å²) in [5, 5.41) is 4.25. The van der Waals surface area contributed by atoms with Crippen molar-refractivity contribution in [2.45, 2.75) is 6.54 Å². The van der Waals surface area contributed by atoms with Crippen LogP contribution < -0.4 is 5.43 Å². The fourth-order valence-electron chi connectivity index (χ4n) is 1.17. The first kappa shape index (κ1) is 7.91. The van der Waals surface area contributed by atoms with Gasteiger partial charge in [0.2, 0.25) is 0 Å². The van der Waals surface area contributed by atoms with Gasteiger partial charge in [-0.3, -0.25) is 9.36 Å². The molecule has 0 aliphatic rings. The summed E-state index contributed by atoms with van der Waals surface area (Å²) < 4.78 is 3.71. The Morgan fingerprint density at radius 3 is 2.69 bits per heavy atom. The third kappa shape index (κ3) is 1.90. The van der Waals surface area contributed by atoms with Crippen LogP contribution in [-0.4, -0.2) is 14.5 Å². The van der Waals surface area contributed by atoms with Crippen molar-refractivity contribution in [1.29, 1.82) is 0 Å². The van der Waals surface area contributed by atoms with Crippen molar-refractivity contribution in [2.75, 3.05) is 5.43 Å². The predicted molar refractivity (Wildman–Crippen MR) is 50.7 cm³/mol. The van der Waals surface area contributed by atoms with E-state index in [1.165, 1.54) is 0 Å². The van der Waals surface area contributed by atoms with Crippen LogP contribution in [0.25, 0.3) is 0 Å². The van der Waals surface area contributed by atoms with Crippen LogP contribution in [0.15, 0.2) is 36.8 Å². The predicted octanol–water partition coefficient (Wildman–Crippen LogP) is 0.965. The summed E-state index contributed by atoms with van der Waals surface area (Å²) in [6.45, 7) is 0.746. The lowest BCUT2D eigenvalue weighted by molar-refractivity contribution is 0.732. The average molecular weight is 176 g/mol. The number of aromatic nitrogens is 3. The molecule has 0 aliphatic carbocycles. The minimum atomic E-state index is 0.746. The van der Waals surface area contributed by atoms with Gasteiger partial charge in [-0.15, -0.1) is 0 Å². The summed E-state index contributed by atoms with van der Waals surface area (Å²) >= 11 is 0. The molecule has 13 heavy (non-hydrogen) atoms. The third-order valence-corrected chi connectivity index (χ3v) is 1.82. The number of rotatable bonds is 3. The molecule has 2 heterocycles. The standard InChI is InChI=1S/C9H12N4/c1-12-7-4-9(11-12)8-10-13-5-2-3-6-13/h2-7,10H,8H2,1H3. The molecule has 68 valence electrons. The van der Waals surface area contributed by atoms with Crippen molar-refractivity contribution in [2.24, 2.45) is 7.05 Å². The zero-order valence-corrected chi connectivity index (χ0v) is 7.51. The summed E-state index contributed by atoms with van der Waals surface area (Å²) in [5.74, 6) is 0. The molecule has 0 aromatic carbocycles. The zero-order valence-electron chi connectivity index (χ0n) is 7.51. The maximum atomic E-state index is 4.25. The highest BCUT2D eigenvalue weighted by Gasteiger charge is 1.94. The molecule has 0 bridgehead atoms. The van der Waals surface area contributed by atoms with Gasteiger partial charge in [-0.2, -0.15) is 5.10 Å². The second-order valence-corrected chi connectivity index (χ2v) is 2.91. The molecular formula is C9H12N4. The van der Waals surface area contributed by atoms with Gasteiger partial charge in [0.1, 0.15) is 0 Å². The Labute approximate surface area is 76.8 Å². The maximum absolute atomic E-state index is 4.25. The summed E-state index contributed by atoms with van der Waals surface area (Å²) in [7, 11) is 1.92. The van der Waals surface area contributed by atoms with Gasteiger partial charge in [-0.25, -0.2) is 0 Å². The Balaban J connectivity index is 1.93. The Morgan fingerprint density at radius 2 is 2.08 bits per heavy atom. The van der Waals surface area contributed by atoms with Gasteiger partial charge in [-0.05, 0) is 18.2 Å². The summed E-state index contributed by atoms with van der Waals surface area (Å²) in [6, 6.07) is 5.95. The molecule has 2 aromatic rings. The Hall–Kier alpha value is -1.71. The highest BCUT2D eigenvalue weighted by molar-refractivity contribution is 5.02. The Morgan fingerprint density at radius 1 is 1.31 bits per heavy atom. The first-order valence-corrected chi connectivity index (χ1v) is 4.20. The van der Waals surface area contributed by atoms with Crippen molar-refractivity contribution in [3.63, 3.8) is 0 Å². The summed E-state index contributed by atoms with van der Waals surface area (Å²) in [5.41, 5.74) is 4.23. The van der Waals surface area contributed by atoms with Gasteiger partial charge >= 0.3 is 0 Å². The van der Waals surface area contributed by atoms with Crippen LogP contribution in [0.5, 0.6) is 0 Å². The molecule has 0 fully saturated rings. The number of aryl methyl sites for hydroxylation is 1. The first-order chi connectivity index (χ1) is 6.34. The van der Waals surface area contributed by atoms with Crippen LogP contribution in [0.4, 0.5) is 0 Å². The van der Waals surface area contributed by atoms with E-state index in [0.29, 0.717) is 0 Å². The molecular weight excluding hydrogens is 164 g/mol. The van der Waals surface area contributed by atoms with Gasteiger partial charge in [0, 0.05) is 25.6 Å². The second-order valence-electron chi connectivity index (χ2n) is 2.91. The van der Waals surface area contributed by atoms with E-state index in [0.717, 1.165) is 12.2 Å². The smallest absolute Gasteiger partial charge is 0.0831 e. The van der Waals surface area contributed by atoms with E-state index < -0.39 is 0 Å². The van der Waals surface area contributed by atoms with Crippen molar-refractivity contribution < 1.29 is 0 Å². The van der Waals surface area contributed by atoms with Crippen LogP contribution in [0.3, 0.4) is 0 Å². The molecule has 0 unspecified atom stereocenters. The van der Waals surface area contributed by atoms with Crippen molar-refractivity contribution in [1.82, 2.24) is 14.5 Å². The van der Waals surface area contributed by atoms with Crippen LogP contribution >= 0.6 is 0 Å². The number of nitrogens with zero attached hydrogens (tertiary/aromatic N) is 3. The van der Waals surface area contributed by atoms with Gasteiger partial charge in [0.25, 0.3) is 0 Å². The molecule has 1 N–H and O–H groups in total. The third-order valence-electron chi connectivity index (χ3n) is 1.82. The molecule has 0 spiro atoms. The monoisotopic (exact) mass is 176 g/mol.